The topological polar surface area (TPSA) is 114 Å². The van der Waals surface area contributed by atoms with E-state index in [-0.39, 0.29) is 30.6 Å². The van der Waals surface area contributed by atoms with Gasteiger partial charge in [-0.3, -0.25) is 19.8 Å². The second-order valence-electron chi connectivity index (χ2n) is 8.24. The Hall–Kier alpha value is -4.40. The number of benzene rings is 3. The Bertz CT molecular complexity index is 1130. The highest BCUT2D eigenvalue weighted by molar-refractivity contribution is 6.01. The zero-order valence-electron chi connectivity index (χ0n) is 19.6. The number of nitro groups is 1. The number of nitrogens with one attached hydrogen (secondary N) is 2. The highest BCUT2D eigenvalue weighted by Crippen LogP contribution is 2.25. The van der Waals surface area contributed by atoms with Crippen molar-refractivity contribution in [1.29, 1.82) is 0 Å². The van der Waals surface area contributed by atoms with Crippen LogP contribution in [0.1, 0.15) is 20.3 Å². The first-order valence-corrected chi connectivity index (χ1v) is 11.2. The van der Waals surface area contributed by atoms with Crippen molar-refractivity contribution in [3.05, 3.63) is 89.0 Å². The molecule has 182 valence electrons. The highest BCUT2D eigenvalue weighted by atomic mass is 16.6. The third-order valence-electron chi connectivity index (χ3n) is 4.95. The molecule has 0 unspecified atom stereocenters. The average molecular weight is 477 g/mol. The van der Waals surface area contributed by atoms with Gasteiger partial charge in [-0.15, -0.1) is 0 Å². The van der Waals surface area contributed by atoms with E-state index in [1.54, 1.807) is 24.3 Å². The van der Waals surface area contributed by atoms with Gasteiger partial charge >= 0.3 is 6.03 Å². The molecule has 0 radical (unpaired) electrons. The largest absolute Gasteiger partial charge is 0.457 e. The third kappa shape index (κ3) is 7.85. The summed E-state index contributed by atoms with van der Waals surface area (Å²) in [7, 11) is 0. The molecule has 0 bridgehead atoms. The Morgan fingerprint density at radius 2 is 1.57 bits per heavy atom. The number of hydrogen-bond acceptors (Lipinski definition) is 5. The average Bonchev–Trinajstić information content (AvgIpc) is 2.83. The molecule has 0 saturated heterocycles. The zero-order chi connectivity index (χ0) is 25.2. The molecule has 0 atom stereocenters. The molecule has 3 aromatic carbocycles. The minimum Gasteiger partial charge on any atom is -0.457 e. The molecule has 0 aliphatic rings. The summed E-state index contributed by atoms with van der Waals surface area (Å²) in [5, 5.41) is 16.5. The maximum absolute atomic E-state index is 13.1. The fourth-order valence-corrected chi connectivity index (χ4v) is 3.27. The lowest BCUT2D eigenvalue weighted by molar-refractivity contribution is -0.384. The van der Waals surface area contributed by atoms with E-state index >= 15 is 0 Å². The summed E-state index contributed by atoms with van der Waals surface area (Å²) in [5.41, 5.74) is 0.947. The smallest absolute Gasteiger partial charge is 0.326 e. The highest BCUT2D eigenvalue weighted by Gasteiger charge is 2.17. The van der Waals surface area contributed by atoms with Gasteiger partial charge in [-0.1, -0.05) is 32.0 Å². The van der Waals surface area contributed by atoms with Crippen molar-refractivity contribution < 1.29 is 19.2 Å². The van der Waals surface area contributed by atoms with Crippen LogP contribution in [0.2, 0.25) is 0 Å². The normalized spacial score (nSPS) is 10.5. The Labute approximate surface area is 203 Å². The van der Waals surface area contributed by atoms with Crippen LogP contribution >= 0.6 is 0 Å². The van der Waals surface area contributed by atoms with Crippen molar-refractivity contribution in [2.75, 3.05) is 23.3 Å². The van der Waals surface area contributed by atoms with Gasteiger partial charge in [0.05, 0.1) is 4.92 Å². The second kappa shape index (κ2) is 12.2. The van der Waals surface area contributed by atoms with Crippen molar-refractivity contribution in [1.82, 2.24) is 5.32 Å². The van der Waals surface area contributed by atoms with Gasteiger partial charge in [0.25, 0.3) is 5.69 Å². The van der Waals surface area contributed by atoms with E-state index < -0.39 is 11.0 Å². The molecule has 0 heterocycles. The molecule has 0 spiro atoms. The number of non-ortho nitro benzene ring substituents is 1. The van der Waals surface area contributed by atoms with Gasteiger partial charge in [0.1, 0.15) is 11.5 Å². The molecule has 0 fully saturated rings. The van der Waals surface area contributed by atoms with Crippen molar-refractivity contribution >= 4 is 29.0 Å². The maximum Gasteiger partial charge on any atom is 0.326 e. The second-order valence-corrected chi connectivity index (χ2v) is 8.24. The predicted molar refractivity (Wildman–Crippen MR) is 135 cm³/mol. The van der Waals surface area contributed by atoms with E-state index in [0.717, 1.165) is 0 Å². The van der Waals surface area contributed by atoms with Gasteiger partial charge < -0.3 is 15.4 Å². The lowest BCUT2D eigenvalue weighted by atomic mass is 10.1. The van der Waals surface area contributed by atoms with Gasteiger partial charge in [0.2, 0.25) is 5.91 Å². The number of nitrogens with zero attached hydrogens (tertiary/aromatic N) is 2. The van der Waals surface area contributed by atoms with E-state index in [1.165, 1.54) is 29.2 Å². The molecule has 0 aliphatic heterocycles. The summed E-state index contributed by atoms with van der Waals surface area (Å²) in [5.74, 6) is 1.46. The lowest BCUT2D eigenvalue weighted by Gasteiger charge is -2.24. The van der Waals surface area contributed by atoms with Crippen molar-refractivity contribution in [3.8, 4) is 11.5 Å². The van der Waals surface area contributed by atoms with Crippen LogP contribution in [-0.4, -0.2) is 30.0 Å². The molecule has 2 N–H and O–H groups in total. The van der Waals surface area contributed by atoms with Gasteiger partial charge in [-0.05, 0) is 54.4 Å². The summed E-state index contributed by atoms with van der Waals surface area (Å²) < 4.78 is 5.82. The molecule has 0 aliphatic carbocycles. The minimum absolute atomic E-state index is 0.0678. The van der Waals surface area contributed by atoms with Gasteiger partial charge in [0, 0.05) is 43.0 Å². The van der Waals surface area contributed by atoms with Crippen LogP contribution in [0, 0.1) is 16.0 Å². The molecule has 3 amide bonds. The molecular weight excluding hydrogens is 448 g/mol. The number of hydrogen-bond donors (Lipinski definition) is 2. The summed E-state index contributed by atoms with van der Waals surface area (Å²) in [6.07, 6.45) is 0.403. The van der Waals surface area contributed by atoms with Crippen LogP contribution in [0.15, 0.2) is 78.9 Å². The Morgan fingerprint density at radius 1 is 0.943 bits per heavy atom. The number of rotatable bonds is 10. The monoisotopic (exact) mass is 476 g/mol. The number of ether oxygens (including phenoxy) is 1. The van der Waals surface area contributed by atoms with Crippen LogP contribution in [0.25, 0.3) is 0 Å². The fourth-order valence-electron chi connectivity index (χ4n) is 3.27. The first-order valence-electron chi connectivity index (χ1n) is 11.2. The first kappa shape index (κ1) is 25.2. The number of anilines is 2. The molecular formula is C26H28N4O5. The zero-order valence-corrected chi connectivity index (χ0v) is 19.6. The summed E-state index contributed by atoms with van der Waals surface area (Å²) in [4.78, 5) is 37.0. The molecule has 35 heavy (non-hydrogen) atoms. The van der Waals surface area contributed by atoms with Crippen LogP contribution in [0.3, 0.4) is 0 Å². The number of carbonyl (C=O) groups excluding carboxylic acids is 2. The van der Waals surface area contributed by atoms with E-state index in [9.17, 15) is 19.7 Å². The Kier molecular flexibility index (Phi) is 8.77. The van der Waals surface area contributed by atoms with Gasteiger partial charge in [-0.25, -0.2) is 4.79 Å². The standard InChI is InChI=1S/C26H28N4O5/c1-19(2)18-25(31)27-16-17-29(26(32)28-20-8-10-22(11-9-20)30(33)34)21-12-14-24(15-13-21)35-23-6-4-3-5-7-23/h3-15,19H,16-18H2,1-2H3,(H,27,31)(H,28,32). The van der Waals surface area contributed by atoms with Crippen LogP contribution in [-0.2, 0) is 4.79 Å². The predicted octanol–water partition coefficient (Wildman–Crippen LogP) is 5.59. The lowest BCUT2D eigenvalue weighted by Crippen LogP contribution is -2.41. The SMILES string of the molecule is CC(C)CC(=O)NCCN(C(=O)Nc1ccc([N+](=O)[O-])cc1)c1ccc(Oc2ccccc2)cc1. The third-order valence-corrected chi connectivity index (χ3v) is 4.95. The first-order chi connectivity index (χ1) is 16.8. The number of amides is 3. The molecule has 3 rings (SSSR count). The Balaban J connectivity index is 1.72. The van der Waals surface area contributed by atoms with Gasteiger partial charge in [-0.2, -0.15) is 0 Å². The molecule has 0 aromatic heterocycles. The summed E-state index contributed by atoms with van der Waals surface area (Å²) in [6, 6.07) is 21.5. The van der Waals surface area contributed by atoms with Crippen molar-refractivity contribution in [3.63, 3.8) is 0 Å². The molecule has 9 nitrogen and oxygen atoms in total. The maximum atomic E-state index is 13.1. The van der Waals surface area contributed by atoms with Crippen LogP contribution in [0.4, 0.5) is 21.9 Å². The van der Waals surface area contributed by atoms with E-state index in [4.69, 9.17) is 4.74 Å². The number of para-hydroxylation sites is 1. The number of nitro benzene ring substituents is 1. The van der Waals surface area contributed by atoms with E-state index in [1.807, 2.05) is 44.2 Å². The fraction of sp³-hybridized carbons (Fsp3) is 0.231. The van der Waals surface area contributed by atoms with Crippen molar-refractivity contribution in [2.45, 2.75) is 20.3 Å². The minimum atomic E-state index is -0.503. The van der Waals surface area contributed by atoms with Crippen LogP contribution in [0.5, 0.6) is 11.5 Å². The van der Waals surface area contributed by atoms with E-state index in [0.29, 0.717) is 29.3 Å². The molecule has 9 heteroatoms. The molecule has 3 aromatic rings. The summed E-state index contributed by atoms with van der Waals surface area (Å²) in [6.45, 7) is 4.41. The van der Waals surface area contributed by atoms with E-state index in [2.05, 4.69) is 10.6 Å². The number of carbonyl (C=O) groups is 2. The van der Waals surface area contributed by atoms with Crippen LogP contribution < -0.4 is 20.3 Å². The Morgan fingerprint density at radius 3 is 2.17 bits per heavy atom. The quantitative estimate of drug-likeness (QED) is 0.293. The molecule has 0 saturated carbocycles. The summed E-state index contributed by atoms with van der Waals surface area (Å²) >= 11 is 0. The number of urea groups is 1. The van der Waals surface area contributed by atoms with Crippen molar-refractivity contribution in [2.24, 2.45) is 5.92 Å². The van der Waals surface area contributed by atoms with Gasteiger partial charge in [0.15, 0.2) is 0 Å².